The fraction of sp³-hybridized carbons (Fsp3) is 0.562. The number of ether oxygens (including phenoxy) is 1. The molecule has 0 aliphatic carbocycles. The Morgan fingerprint density at radius 3 is 2.57 bits per heavy atom. The van der Waals surface area contributed by atoms with E-state index in [0.717, 1.165) is 5.56 Å². The molecule has 7 nitrogen and oxygen atoms in total. The Morgan fingerprint density at radius 2 is 2.00 bits per heavy atom. The minimum atomic E-state index is -0.459. The lowest BCUT2D eigenvalue weighted by Crippen LogP contribution is -2.41. The van der Waals surface area contributed by atoms with Crippen molar-refractivity contribution in [2.45, 2.75) is 26.2 Å². The van der Waals surface area contributed by atoms with Crippen LogP contribution in [-0.2, 0) is 14.9 Å². The highest BCUT2D eigenvalue weighted by Gasteiger charge is 2.22. The second-order valence-corrected chi connectivity index (χ2v) is 6.68. The molecule has 1 aromatic rings. The van der Waals surface area contributed by atoms with Gasteiger partial charge in [0.1, 0.15) is 5.69 Å². The standard InChI is InChI=1S/C16H23N3O4/c1-16(2,3)12-4-5-13(14(10-12)19(21)22)17-15(20)11-18-6-8-23-9-7-18/h4-5,10H,6-9,11H2,1-3H3,(H,17,20). The fourth-order valence-electron chi connectivity index (χ4n) is 2.41. The number of nitrogens with zero attached hydrogens (tertiary/aromatic N) is 2. The molecule has 0 aromatic heterocycles. The van der Waals surface area contributed by atoms with E-state index in [4.69, 9.17) is 4.74 Å². The number of anilines is 1. The molecule has 23 heavy (non-hydrogen) atoms. The summed E-state index contributed by atoms with van der Waals surface area (Å²) < 4.78 is 5.23. The van der Waals surface area contributed by atoms with Crippen LogP contribution in [0.5, 0.6) is 0 Å². The summed E-state index contributed by atoms with van der Waals surface area (Å²) in [6, 6.07) is 4.96. The molecule has 1 amide bonds. The van der Waals surface area contributed by atoms with E-state index >= 15 is 0 Å². The normalized spacial score (nSPS) is 16.1. The molecule has 1 heterocycles. The maximum absolute atomic E-state index is 12.1. The molecule has 1 fully saturated rings. The Kier molecular flexibility index (Phi) is 5.33. The molecule has 0 radical (unpaired) electrons. The molecule has 1 saturated heterocycles. The van der Waals surface area contributed by atoms with Crippen molar-refractivity contribution in [3.05, 3.63) is 33.9 Å². The zero-order valence-electron chi connectivity index (χ0n) is 13.8. The Labute approximate surface area is 135 Å². The first-order chi connectivity index (χ1) is 10.8. The van der Waals surface area contributed by atoms with Crippen molar-refractivity contribution in [3.63, 3.8) is 0 Å². The summed E-state index contributed by atoms with van der Waals surface area (Å²) in [6.07, 6.45) is 0. The Hall–Kier alpha value is -1.99. The van der Waals surface area contributed by atoms with Crippen molar-refractivity contribution < 1.29 is 14.5 Å². The highest BCUT2D eigenvalue weighted by atomic mass is 16.6. The van der Waals surface area contributed by atoms with E-state index in [9.17, 15) is 14.9 Å². The van der Waals surface area contributed by atoms with Crippen LogP contribution in [0.25, 0.3) is 0 Å². The zero-order chi connectivity index (χ0) is 17.0. The van der Waals surface area contributed by atoms with Crippen LogP contribution in [0.2, 0.25) is 0 Å². The number of hydrogen-bond acceptors (Lipinski definition) is 5. The minimum absolute atomic E-state index is 0.0762. The second-order valence-electron chi connectivity index (χ2n) is 6.68. The number of rotatable bonds is 4. The Balaban J connectivity index is 2.12. The van der Waals surface area contributed by atoms with E-state index in [1.807, 2.05) is 31.7 Å². The third-order valence-electron chi connectivity index (χ3n) is 3.81. The molecule has 7 heteroatoms. The SMILES string of the molecule is CC(C)(C)c1ccc(NC(=O)CN2CCOCC2)c([N+](=O)[O-])c1. The van der Waals surface area contributed by atoms with Crippen molar-refractivity contribution in [2.24, 2.45) is 0 Å². The highest BCUT2D eigenvalue weighted by molar-refractivity contribution is 5.94. The highest BCUT2D eigenvalue weighted by Crippen LogP contribution is 2.31. The molecule has 1 aliphatic heterocycles. The van der Waals surface area contributed by atoms with Crippen molar-refractivity contribution >= 4 is 17.3 Å². The molecule has 1 aliphatic rings. The van der Waals surface area contributed by atoms with Crippen molar-refractivity contribution in [3.8, 4) is 0 Å². The van der Waals surface area contributed by atoms with E-state index in [-0.39, 0.29) is 29.2 Å². The maximum atomic E-state index is 12.1. The van der Waals surface area contributed by atoms with Crippen molar-refractivity contribution in [2.75, 3.05) is 38.2 Å². The van der Waals surface area contributed by atoms with Gasteiger partial charge in [-0.05, 0) is 17.0 Å². The molecular formula is C16H23N3O4. The van der Waals surface area contributed by atoms with Gasteiger partial charge < -0.3 is 10.1 Å². The monoisotopic (exact) mass is 321 g/mol. The van der Waals surface area contributed by atoms with Crippen LogP contribution in [0, 0.1) is 10.1 Å². The van der Waals surface area contributed by atoms with Gasteiger partial charge in [-0.1, -0.05) is 26.8 Å². The number of carbonyl (C=O) groups excluding carboxylic acids is 1. The van der Waals surface area contributed by atoms with E-state index < -0.39 is 4.92 Å². The largest absolute Gasteiger partial charge is 0.379 e. The second kappa shape index (κ2) is 7.06. The van der Waals surface area contributed by atoms with Gasteiger partial charge in [0.15, 0.2) is 0 Å². The predicted molar refractivity (Wildman–Crippen MR) is 87.7 cm³/mol. The molecule has 2 rings (SSSR count). The van der Waals surface area contributed by atoms with E-state index in [0.29, 0.717) is 26.3 Å². The third-order valence-corrected chi connectivity index (χ3v) is 3.81. The lowest BCUT2D eigenvalue weighted by molar-refractivity contribution is -0.384. The van der Waals surface area contributed by atoms with Crippen LogP contribution < -0.4 is 5.32 Å². The summed E-state index contributed by atoms with van der Waals surface area (Å²) in [6.45, 7) is 8.77. The lowest BCUT2D eigenvalue weighted by atomic mass is 9.86. The quantitative estimate of drug-likeness (QED) is 0.678. The number of carbonyl (C=O) groups is 1. The Morgan fingerprint density at radius 1 is 1.35 bits per heavy atom. The molecule has 126 valence electrons. The van der Waals surface area contributed by atoms with Gasteiger partial charge in [-0.25, -0.2) is 0 Å². The third kappa shape index (κ3) is 4.74. The van der Waals surface area contributed by atoms with Crippen LogP contribution in [-0.4, -0.2) is 48.6 Å². The summed E-state index contributed by atoms with van der Waals surface area (Å²) in [5, 5.41) is 14.0. The number of hydrogen-bond donors (Lipinski definition) is 1. The minimum Gasteiger partial charge on any atom is -0.379 e. The number of morpholine rings is 1. The smallest absolute Gasteiger partial charge is 0.293 e. The number of benzene rings is 1. The average molecular weight is 321 g/mol. The molecule has 0 spiro atoms. The van der Waals surface area contributed by atoms with Crippen LogP contribution in [0.1, 0.15) is 26.3 Å². The van der Waals surface area contributed by atoms with Gasteiger partial charge in [-0.2, -0.15) is 0 Å². The average Bonchev–Trinajstić information content (AvgIpc) is 2.47. The zero-order valence-corrected chi connectivity index (χ0v) is 13.8. The lowest BCUT2D eigenvalue weighted by Gasteiger charge is -2.25. The van der Waals surface area contributed by atoms with Gasteiger partial charge in [-0.3, -0.25) is 19.8 Å². The first-order valence-electron chi connectivity index (χ1n) is 7.66. The van der Waals surface area contributed by atoms with Gasteiger partial charge in [0.05, 0.1) is 24.7 Å². The van der Waals surface area contributed by atoms with Gasteiger partial charge in [0, 0.05) is 19.2 Å². The van der Waals surface area contributed by atoms with E-state index in [1.54, 1.807) is 6.07 Å². The summed E-state index contributed by atoms with van der Waals surface area (Å²) in [5.41, 5.74) is 0.825. The van der Waals surface area contributed by atoms with Crippen molar-refractivity contribution in [1.82, 2.24) is 4.90 Å². The van der Waals surface area contributed by atoms with Gasteiger partial charge >= 0.3 is 0 Å². The summed E-state index contributed by atoms with van der Waals surface area (Å²) >= 11 is 0. The predicted octanol–water partition coefficient (Wildman–Crippen LogP) is 2.16. The summed E-state index contributed by atoms with van der Waals surface area (Å²) in [7, 11) is 0. The van der Waals surface area contributed by atoms with Gasteiger partial charge in [-0.15, -0.1) is 0 Å². The molecule has 0 unspecified atom stereocenters. The van der Waals surface area contributed by atoms with E-state index in [2.05, 4.69) is 5.32 Å². The van der Waals surface area contributed by atoms with E-state index in [1.165, 1.54) is 6.07 Å². The molecule has 0 bridgehead atoms. The number of nitrogens with one attached hydrogen (secondary N) is 1. The number of amides is 1. The van der Waals surface area contributed by atoms with Crippen LogP contribution in [0.15, 0.2) is 18.2 Å². The van der Waals surface area contributed by atoms with Crippen LogP contribution in [0.4, 0.5) is 11.4 Å². The molecule has 0 saturated carbocycles. The summed E-state index contributed by atoms with van der Waals surface area (Å²) in [4.78, 5) is 24.9. The Bertz CT molecular complexity index is 589. The molecule has 1 aromatic carbocycles. The molecule has 1 N–H and O–H groups in total. The summed E-state index contributed by atoms with van der Waals surface area (Å²) in [5.74, 6) is -0.251. The van der Waals surface area contributed by atoms with Gasteiger partial charge in [0.25, 0.3) is 5.69 Å². The first kappa shape index (κ1) is 17.4. The number of nitro groups is 1. The fourth-order valence-corrected chi connectivity index (χ4v) is 2.41. The maximum Gasteiger partial charge on any atom is 0.293 e. The first-order valence-corrected chi connectivity index (χ1v) is 7.66. The molecular weight excluding hydrogens is 298 g/mol. The van der Waals surface area contributed by atoms with Crippen LogP contribution in [0.3, 0.4) is 0 Å². The van der Waals surface area contributed by atoms with Gasteiger partial charge in [0.2, 0.25) is 5.91 Å². The van der Waals surface area contributed by atoms with Crippen LogP contribution >= 0.6 is 0 Å². The number of nitro benzene ring substituents is 1. The molecule has 0 atom stereocenters. The topological polar surface area (TPSA) is 84.7 Å². The van der Waals surface area contributed by atoms with Crippen molar-refractivity contribution in [1.29, 1.82) is 0 Å².